The number of aliphatic hydroxyl groups is 1. The molecule has 0 aliphatic carbocycles. The summed E-state index contributed by atoms with van der Waals surface area (Å²) in [5, 5.41) is 32.6. The molecular formula is C15H11Cl2N5O. The Kier molecular flexibility index (Phi) is 5.25. The van der Waals surface area contributed by atoms with Crippen LogP contribution in [0.1, 0.15) is 16.8 Å². The van der Waals surface area contributed by atoms with E-state index < -0.39 is 0 Å². The fraction of sp³-hybridized carbons (Fsp3) is 0.133. The number of halogens is 2. The molecule has 1 aromatic carbocycles. The Labute approximate surface area is 142 Å². The Balaban J connectivity index is 2.58. The van der Waals surface area contributed by atoms with Gasteiger partial charge >= 0.3 is 0 Å². The number of nitrogens with zero attached hydrogens (tertiary/aromatic N) is 4. The van der Waals surface area contributed by atoms with Crippen LogP contribution in [0.25, 0.3) is 11.6 Å². The summed E-state index contributed by atoms with van der Waals surface area (Å²) >= 11 is 11.9. The molecule has 0 fully saturated rings. The van der Waals surface area contributed by atoms with Crippen LogP contribution in [0, 0.1) is 22.7 Å². The molecule has 1 heterocycles. The van der Waals surface area contributed by atoms with Crippen LogP contribution in [0.15, 0.2) is 18.2 Å². The van der Waals surface area contributed by atoms with Gasteiger partial charge in [-0.25, -0.2) is 4.68 Å². The highest BCUT2D eigenvalue weighted by molar-refractivity contribution is 6.35. The first-order valence-electron chi connectivity index (χ1n) is 6.46. The maximum Gasteiger partial charge on any atom is 0.140 e. The molecule has 1 aromatic heterocycles. The van der Waals surface area contributed by atoms with Gasteiger partial charge in [0.2, 0.25) is 0 Å². The Bertz CT molecular complexity index is 858. The van der Waals surface area contributed by atoms with Gasteiger partial charge in [-0.3, -0.25) is 0 Å². The summed E-state index contributed by atoms with van der Waals surface area (Å²) in [5.74, 6) is 0.0971. The molecule has 3 N–H and O–H groups in total. The minimum atomic E-state index is -0.190. The second-order valence-electron chi connectivity index (χ2n) is 4.50. The van der Waals surface area contributed by atoms with Crippen molar-refractivity contribution in [1.82, 2.24) is 9.78 Å². The SMILES string of the molecule is N#C/C(=C\c1ccc(Cl)cc1Cl)c1nn(CCO)c(N)c1C#N. The van der Waals surface area contributed by atoms with Crippen LogP contribution < -0.4 is 5.73 Å². The summed E-state index contributed by atoms with van der Waals surface area (Å²) in [6.07, 6.45) is 1.50. The summed E-state index contributed by atoms with van der Waals surface area (Å²) < 4.78 is 1.28. The Morgan fingerprint density at radius 1 is 1.39 bits per heavy atom. The van der Waals surface area contributed by atoms with E-state index in [1.54, 1.807) is 18.2 Å². The number of nitrogen functional groups attached to an aromatic ring is 1. The normalized spacial score (nSPS) is 11.1. The zero-order chi connectivity index (χ0) is 17.0. The Hall–Kier alpha value is -2.51. The number of aromatic nitrogens is 2. The first-order chi connectivity index (χ1) is 11.0. The quantitative estimate of drug-likeness (QED) is 0.825. The lowest BCUT2D eigenvalue weighted by Gasteiger charge is -2.00. The maximum absolute atomic E-state index is 9.40. The van der Waals surface area contributed by atoms with Crippen LogP contribution >= 0.6 is 23.2 Å². The van der Waals surface area contributed by atoms with E-state index in [0.717, 1.165) is 0 Å². The van der Waals surface area contributed by atoms with Crippen molar-refractivity contribution in [3.05, 3.63) is 45.1 Å². The van der Waals surface area contributed by atoms with E-state index in [1.165, 1.54) is 10.8 Å². The predicted octanol–water partition coefficient (Wildman–Crippen LogP) is 2.70. The Morgan fingerprint density at radius 2 is 2.13 bits per heavy atom. The van der Waals surface area contributed by atoms with Crippen LogP contribution in [-0.4, -0.2) is 21.5 Å². The smallest absolute Gasteiger partial charge is 0.140 e. The van der Waals surface area contributed by atoms with Crippen LogP contribution in [0.5, 0.6) is 0 Å². The minimum Gasteiger partial charge on any atom is -0.394 e. The molecule has 0 aliphatic rings. The van der Waals surface area contributed by atoms with Crippen molar-refractivity contribution in [2.45, 2.75) is 6.54 Å². The first-order valence-corrected chi connectivity index (χ1v) is 7.21. The number of anilines is 1. The number of nitrogens with two attached hydrogens (primary N) is 1. The zero-order valence-corrected chi connectivity index (χ0v) is 13.3. The highest BCUT2D eigenvalue weighted by Gasteiger charge is 2.19. The lowest BCUT2D eigenvalue weighted by molar-refractivity contribution is 0.270. The molecule has 0 aliphatic heterocycles. The molecule has 0 unspecified atom stereocenters. The summed E-state index contributed by atoms with van der Waals surface area (Å²) in [6, 6.07) is 8.76. The molecule has 0 bridgehead atoms. The van der Waals surface area contributed by atoms with Gasteiger partial charge in [-0.2, -0.15) is 15.6 Å². The van der Waals surface area contributed by atoms with Gasteiger partial charge in [0.05, 0.1) is 18.7 Å². The number of hydrogen-bond donors (Lipinski definition) is 2. The lowest BCUT2D eigenvalue weighted by Crippen LogP contribution is -2.07. The second-order valence-corrected chi connectivity index (χ2v) is 5.35. The van der Waals surface area contributed by atoms with Crippen molar-refractivity contribution in [3.63, 3.8) is 0 Å². The molecule has 0 saturated carbocycles. The summed E-state index contributed by atoms with van der Waals surface area (Å²) in [6.45, 7) is -0.0638. The standard InChI is InChI=1S/C15H11Cl2N5O/c16-11-2-1-9(13(17)6-11)5-10(7-18)14-12(8-19)15(20)22(21-14)3-4-23/h1-2,5-6,23H,3-4,20H2/b10-5+. The summed E-state index contributed by atoms with van der Waals surface area (Å²) in [7, 11) is 0. The highest BCUT2D eigenvalue weighted by Crippen LogP contribution is 2.28. The molecule has 8 heteroatoms. The number of benzene rings is 1. The molecule has 0 saturated heterocycles. The fourth-order valence-corrected chi connectivity index (χ4v) is 2.43. The van der Waals surface area contributed by atoms with Gasteiger partial charge in [-0.05, 0) is 23.8 Å². The lowest BCUT2D eigenvalue weighted by atomic mass is 10.1. The van der Waals surface area contributed by atoms with Crippen LogP contribution in [0.4, 0.5) is 5.82 Å². The van der Waals surface area contributed by atoms with Gasteiger partial charge in [0, 0.05) is 10.0 Å². The highest BCUT2D eigenvalue weighted by atomic mass is 35.5. The molecule has 116 valence electrons. The number of allylic oxidation sites excluding steroid dienone is 1. The van der Waals surface area contributed by atoms with Gasteiger partial charge in [0.15, 0.2) is 0 Å². The molecule has 0 atom stereocenters. The second kappa shape index (κ2) is 7.17. The van der Waals surface area contributed by atoms with Crippen LogP contribution in [-0.2, 0) is 6.54 Å². The van der Waals surface area contributed by atoms with E-state index in [9.17, 15) is 10.5 Å². The van der Waals surface area contributed by atoms with Crippen molar-refractivity contribution in [2.75, 3.05) is 12.3 Å². The van der Waals surface area contributed by atoms with Crippen molar-refractivity contribution >= 4 is 40.7 Å². The molecule has 2 rings (SSSR count). The average molecular weight is 348 g/mol. The van der Waals surface area contributed by atoms with E-state index in [2.05, 4.69) is 5.10 Å². The van der Waals surface area contributed by atoms with E-state index in [4.69, 9.17) is 34.0 Å². The third-order valence-electron chi connectivity index (χ3n) is 3.05. The van der Waals surface area contributed by atoms with Gasteiger partial charge in [-0.1, -0.05) is 29.3 Å². The number of nitriles is 2. The molecule has 23 heavy (non-hydrogen) atoms. The van der Waals surface area contributed by atoms with E-state index >= 15 is 0 Å². The molecule has 6 nitrogen and oxygen atoms in total. The molecule has 2 aromatic rings. The third-order valence-corrected chi connectivity index (χ3v) is 3.62. The van der Waals surface area contributed by atoms with E-state index in [1.807, 2.05) is 12.1 Å². The minimum absolute atomic E-state index is 0.0799. The van der Waals surface area contributed by atoms with E-state index in [-0.39, 0.29) is 35.8 Å². The number of rotatable bonds is 4. The van der Waals surface area contributed by atoms with E-state index in [0.29, 0.717) is 15.6 Å². The topological polar surface area (TPSA) is 112 Å². The van der Waals surface area contributed by atoms with Gasteiger partial charge in [0.1, 0.15) is 29.2 Å². The molecular weight excluding hydrogens is 337 g/mol. The van der Waals surface area contributed by atoms with Gasteiger partial charge in [-0.15, -0.1) is 0 Å². The Morgan fingerprint density at radius 3 is 2.70 bits per heavy atom. The molecule has 0 radical (unpaired) electrons. The summed E-state index contributed by atoms with van der Waals surface area (Å²) in [4.78, 5) is 0. The zero-order valence-electron chi connectivity index (χ0n) is 11.8. The number of hydrogen-bond acceptors (Lipinski definition) is 5. The van der Waals surface area contributed by atoms with Gasteiger partial charge < -0.3 is 10.8 Å². The number of aliphatic hydroxyl groups excluding tert-OH is 1. The summed E-state index contributed by atoms with van der Waals surface area (Å²) in [5.41, 5.74) is 6.74. The molecule has 0 amide bonds. The first kappa shape index (κ1) is 16.9. The van der Waals surface area contributed by atoms with Crippen molar-refractivity contribution in [1.29, 1.82) is 10.5 Å². The monoisotopic (exact) mass is 347 g/mol. The van der Waals surface area contributed by atoms with Crippen molar-refractivity contribution in [3.8, 4) is 12.1 Å². The van der Waals surface area contributed by atoms with Gasteiger partial charge in [0.25, 0.3) is 0 Å². The fourth-order valence-electron chi connectivity index (χ4n) is 1.97. The van der Waals surface area contributed by atoms with Crippen molar-refractivity contribution < 1.29 is 5.11 Å². The largest absolute Gasteiger partial charge is 0.394 e. The van der Waals surface area contributed by atoms with Crippen LogP contribution in [0.3, 0.4) is 0 Å². The third kappa shape index (κ3) is 3.46. The van der Waals surface area contributed by atoms with Crippen molar-refractivity contribution in [2.24, 2.45) is 0 Å². The maximum atomic E-state index is 9.40. The van der Waals surface area contributed by atoms with Crippen LogP contribution in [0.2, 0.25) is 10.0 Å². The predicted molar refractivity (Wildman–Crippen MR) is 88.4 cm³/mol. The molecule has 0 spiro atoms. The average Bonchev–Trinajstić information content (AvgIpc) is 2.83.